The van der Waals surface area contributed by atoms with Gasteiger partial charge in [-0.15, -0.1) is 0 Å². The van der Waals surface area contributed by atoms with Crippen molar-refractivity contribution < 1.29 is 37.9 Å². The van der Waals surface area contributed by atoms with Crippen molar-refractivity contribution in [2.75, 3.05) is 18.5 Å². The highest BCUT2D eigenvalue weighted by Gasteiger charge is 2.53. The molecule has 5 rings (SSSR count). The molecule has 3 aromatic rings. The van der Waals surface area contributed by atoms with Gasteiger partial charge in [-0.3, -0.25) is 14.4 Å². The predicted octanol–water partition coefficient (Wildman–Crippen LogP) is 1.17. The molecule has 2 aromatic heterocycles. The quantitative estimate of drug-likeness (QED) is 0.355. The van der Waals surface area contributed by atoms with E-state index in [1.807, 2.05) is 36.4 Å². The molecule has 0 aliphatic carbocycles. The summed E-state index contributed by atoms with van der Waals surface area (Å²) in [6.45, 7) is 1.73. The molecule has 15 heteroatoms. The van der Waals surface area contributed by atoms with Gasteiger partial charge in [-0.2, -0.15) is 0 Å². The molecule has 0 saturated carbocycles. The maximum Gasteiger partial charge on any atom is 0.320 e. The average Bonchev–Trinajstić information content (AvgIpc) is 3.56. The Morgan fingerprint density at radius 3 is 2.76 bits per heavy atom. The van der Waals surface area contributed by atoms with E-state index in [1.54, 1.807) is 17.6 Å². The van der Waals surface area contributed by atoms with Gasteiger partial charge in [-0.1, -0.05) is 36.4 Å². The number of phosphoric acid groups is 1. The van der Waals surface area contributed by atoms with Crippen molar-refractivity contribution >= 4 is 36.9 Å². The number of benzene rings is 1. The van der Waals surface area contributed by atoms with E-state index in [0.29, 0.717) is 17.7 Å². The summed E-state index contributed by atoms with van der Waals surface area (Å²) >= 11 is 0. The number of carbonyl (C=O) groups is 1. The third-order valence-corrected chi connectivity index (χ3v) is 6.19. The molecule has 2 fully saturated rings. The standard InChI is InChI=1S/C22H25N6O8P/c1-2-23-22(29)27-19-16-20(25-11-24-19)28(12-26-16)21-18-17(14(34-21)10-33-37(30,31)32)35-15(36-18)9-8-13-6-4-3-5-7-13/h3-9,11-12,14-15,17-18,21H,2,10H2,1H3,(H2,30,31,32)(H2,23,24,25,27,29)/p-1/b9-8+/t14-,15?,17?,18+,21-/m1/s1. The van der Waals surface area contributed by atoms with Gasteiger partial charge in [0.15, 0.2) is 29.5 Å². The summed E-state index contributed by atoms with van der Waals surface area (Å²) < 4.78 is 35.6. The van der Waals surface area contributed by atoms with E-state index >= 15 is 0 Å². The van der Waals surface area contributed by atoms with Crippen LogP contribution in [0.2, 0.25) is 0 Å². The Labute approximate surface area is 210 Å². The zero-order valence-electron chi connectivity index (χ0n) is 19.5. The number of ether oxygens (including phenoxy) is 3. The van der Waals surface area contributed by atoms with Gasteiger partial charge in [0.2, 0.25) is 0 Å². The van der Waals surface area contributed by atoms with Crippen LogP contribution in [0.5, 0.6) is 0 Å². The summed E-state index contributed by atoms with van der Waals surface area (Å²) in [4.78, 5) is 45.0. The molecule has 0 radical (unpaired) electrons. The smallest absolute Gasteiger partial charge is 0.320 e. The first-order valence-corrected chi connectivity index (χ1v) is 12.9. The molecule has 3 unspecified atom stereocenters. The van der Waals surface area contributed by atoms with Gasteiger partial charge >= 0.3 is 6.03 Å². The zero-order valence-corrected chi connectivity index (χ0v) is 20.4. The number of hydrogen-bond donors (Lipinski definition) is 3. The van der Waals surface area contributed by atoms with E-state index in [0.717, 1.165) is 5.56 Å². The van der Waals surface area contributed by atoms with Crippen LogP contribution in [0.25, 0.3) is 17.2 Å². The van der Waals surface area contributed by atoms with Crippen LogP contribution in [-0.2, 0) is 23.3 Å². The molecule has 0 spiro atoms. The number of hydrogen-bond acceptors (Lipinski definition) is 10. The van der Waals surface area contributed by atoms with Crippen LogP contribution in [0.1, 0.15) is 18.7 Å². The molecule has 2 saturated heterocycles. The first-order chi connectivity index (χ1) is 17.8. The minimum atomic E-state index is -4.99. The molecular formula is C22H24N6O8P-. The van der Waals surface area contributed by atoms with Crippen molar-refractivity contribution in [1.82, 2.24) is 24.8 Å². The molecule has 0 bridgehead atoms. The lowest BCUT2D eigenvalue weighted by Gasteiger charge is -2.22. The van der Waals surface area contributed by atoms with Crippen molar-refractivity contribution in [2.45, 2.75) is 37.8 Å². The van der Waals surface area contributed by atoms with Crippen LogP contribution in [0, 0.1) is 0 Å². The summed E-state index contributed by atoms with van der Waals surface area (Å²) in [5.41, 5.74) is 1.60. The lowest BCUT2D eigenvalue weighted by Crippen LogP contribution is -2.32. The largest absolute Gasteiger partial charge is 0.756 e. The zero-order chi connectivity index (χ0) is 26.0. The number of fused-ring (bicyclic) bond motifs is 2. The molecule has 196 valence electrons. The Kier molecular flexibility index (Phi) is 7.31. The van der Waals surface area contributed by atoms with Gasteiger partial charge in [0.1, 0.15) is 24.6 Å². The number of aromatic nitrogens is 4. The summed E-state index contributed by atoms with van der Waals surface area (Å²) in [6, 6.07) is 9.11. The van der Waals surface area contributed by atoms with Crippen molar-refractivity contribution in [3.8, 4) is 0 Å². The second kappa shape index (κ2) is 10.6. The number of nitrogens with zero attached hydrogens (tertiary/aromatic N) is 4. The molecular weight excluding hydrogens is 507 g/mol. The Hall–Kier alpha value is -3.23. The van der Waals surface area contributed by atoms with Crippen molar-refractivity contribution in [3.63, 3.8) is 0 Å². The lowest BCUT2D eigenvalue weighted by atomic mass is 10.1. The highest BCUT2D eigenvalue weighted by atomic mass is 31.2. The maximum atomic E-state index is 12.0. The van der Waals surface area contributed by atoms with E-state index in [1.165, 1.54) is 12.7 Å². The third-order valence-electron chi connectivity index (χ3n) is 5.72. The molecule has 3 N–H and O–H groups in total. The van der Waals surface area contributed by atoms with Gasteiger partial charge in [-0.25, -0.2) is 19.7 Å². The number of nitrogens with one attached hydrogen (secondary N) is 2. The molecule has 1 aromatic carbocycles. The topological polar surface area (TPSA) is 182 Å². The molecule has 2 amide bonds. The summed E-state index contributed by atoms with van der Waals surface area (Å²) in [7, 11) is -4.99. The van der Waals surface area contributed by atoms with Crippen LogP contribution < -0.4 is 15.5 Å². The first kappa shape index (κ1) is 25.4. The minimum absolute atomic E-state index is 0.198. The van der Waals surface area contributed by atoms with E-state index < -0.39 is 51.3 Å². The van der Waals surface area contributed by atoms with Crippen LogP contribution in [-0.4, -0.2) is 68.2 Å². The summed E-state index contributed by atoms with van der Waals surface area (Å²) in [6.07, 6.45) is 2.38. The Balaban J connectivity index is 1.41. The normalized spacial score (nSPS) is 26.8. The van der Waals surface area contributed by atoms with Gasteiger partial charge in [0.05, 0.1) is 12.9 Å². The second-order valence-corrected chi connectivity index (χ2v) is 9.40. The fourth-order valence-electron chi connectivity index (χ4n) is 4.17. The highest BCUT2D eigenvalue weighted by molar-refractivity contribution is 7.44. The SMILES string of the molecule is CCNC(=O)Nc1ncnc2c1ncn2[C@@H]1O[C@H](COP(=O)([O-])O)C2OC(/C=C/c3ccccc3)O[C@@H]21. The monoisotopic (exact) mass is 531 g/mol. The second-order valence-electron chi connectivity index (χ2n) is 8.20. The van der Waals surface area contributed by atoms with Crippen LogP contribution in [0.15, 0.2) is 49.1 Å². The van der Waals surface area contributed by atoms with E-state index in [4.69, 9.17) is 19.1 Å². The lowest BCUT2D eigenvalue weighted by molar-refractivity contribution is -0.223. The van der Waals surface area contributed by atoms with Crippen molar-refractivity contribution in [3.05, 3.63) is 54.6 Å². The van der Waals surface area contributed by atoms with Gasteiger partial charge in [0, 0.05) is 6.54 Å². The Bertz CT molecular complexity index is 1330. The number of phosphoric ester groups is 1. The first-order valence-electron chi connectivity index (χ1n) is 11.4. The molecule has 14 nitrogen and oxygen atoms in total. The van der Waals surface area contributed by atoms with Gasteiger partial charge < -0.3 is 33.8 Å². The third kappa shape index (κ3) is 5.70. The van der Waals surface area contributed by atoms with Gasteiger partial charge in [-0.05, 0) is 18.6 Å². The van der Waals surface area contributed by atoms with E-state index in [2.05, 4.69) is 30.1 Å². The van der Waals surface area contributed by atoms with Crippen LogP contribution in [0.3, 0.4) is 0 Å². The highest BCUT2D eigenvalue weighted by Crippen LogP contribution is 2.42. The predicted molar refractivity (Wildman–Crippen MR) is 127 cm³/mol. The van der Waals surface area contributed by atoms with Crippen LogP contribution >= 0.6 is 7.82 Å². The number of anilines is 1. The molecule has 37 heavy (non-hydrogen) atoms. The molecule has 2 aliphatic heterocycles. The summed E-state index contributed by atoms with van der Waals surface area (Å²) in [5.74, 6) is 0.198. The van der Waals surface area contributed by atoms with Crippen LogP contribution in [0.4, 0.5) is 10.6 Å². The molecule has 2 aliphatic rings. The van der Waals surface area contributed by atoms with E-state index in [-0.39, 0.29) is 5.82 Å². The Morgan fingerprint density at radius 1 is 1.22 bits per heavy atom. The summed E-state index contributed by atoms with van der Waals surface area (Å²) in [5, 5.41) is 5.24. The fraction of sp³-hybridized carbons (Fsp3) is 0.364. The minimum Gasteiger partial charge on any atom is -0.756 e. The number of amides is 2. The molecule has 6 atom stereocenters. The van der Waals surface area contributed by atoms with Crippen molar-refractivity contribution in [1.29, 1.82) is 0 Å². The maximum absolute atomic E-state index is 12.0. The average molecular weight is 531 g/mol. The Morgan fingerprint density at radius 2 is 2.00 bits per heavy atom. The number of rotatable bonds is 8. The molecule has 4 heterocycles. The number of carbonyl (C=O) groups excluding carboxylic acids is 1. The number of imidazole rings is 1. The van der Waals surface area contributed by atoms with Crippen molar-refractivity contribution in [2.24, 2.45) is 0 Å². The van der Waals surface area contributed by atoms with E-state index in [9.17, 15) is 14.3 Å². The van der Waals surface area contributed by atoms with Gasteiger partial charge in [0.25, 0.3) is 7.82 Å². The number of urea groups is 1. The fourth-order valence-corrected chi connectivity index (χ4v) is 4.51.